The molecule has 2 rings (SSSR count). The van der Waals surface area contributed by atoms with Crippen molar-refractivity contribution in [2.24, 2.45) is 0 Å². The molecule has 1 aromatic rings. The fourth-order valence-electron chi connectivity index (χ4n) is 1.66. The van der Waals surface area contributed by atoms with E-state index in [1.54, 1.807) is 31.2 Å². The largest absolute Gasteiger partial charge is 0.506 e. The van der Waals surface area contributed by atoms with Crippen molar-refractivity contribution in [1.29, 1.82) is 0 Å². The standard InChI is InChI=1S/C12H10O4/c1-2-16-12(15)9-10(13)7-5-3-4-6-8(7)11(9)14/h3-6,13H,2H2,1H3. The van der Waals surface area contributed by atoms with Crippen LogP contribution in [0.15, 0.2) is 29.8 Å². The Morgan fingerprint density at radius 2 is 1.94 bits per heavy atom. The number of hydrogen-bond acceptors (Lipinski definition) is 4. The molecule has 0 bridgehead atoms. The minimum Gasteiger partial charge on any atom is -0.506 e. The molecule has 0 atom stereocenters. The Labute approximate surface area is 92.2 Å². The zero-order valence-corrected chi connectivity index (χ0v) is 8.69. The monoisotopic (exact) mass is 218 g/mol. The molecule has 0 heterocycles. The van der Waals surface area contributed by atoms with Gasteiger partial charge in [-0.15, -0.1) is 0 Å². The van der Waals surface area contributed by atoms with Crippen LogP contribution in [0.4, 0.5) is 0 Å². The third-order valence-electron chi connectivity index (χ3n) is 2.37. The highest BCUT2D eigenvalue weighted by molar-refractivity contribution is 6.32. The normalized spacial score (nSPS) is 13.9. The quantitative estimate of drug-likeness (QED) is 0.606. The number of carbonyl (C=O) groups excluding carboxylic acids is 2. The summed E-state index contributed by atoms with van der Waals surface area (Å²) in [5.41, 5.74) is 0.446. The Bertz CT molecular complexity index is 499. The van der Waals surface area contributed by atoms with Crippen LogP contribution in [0.2, 0.25) is 0 Å². The molecule has 0 spiro atoms. The first-order chi connectivity index (χ1) is 7.66. The van der Waals surface area contributed by atoms with E-state index in [2.05, 4.69) is 0 Å². The van der Waals surface area contributed by atoms with Gasteiger partial charge in [0.15, 0.2) is 0 Å². The van der Waals surface area contributed by atoms with Gasteiger partial charge in [0.05, 0.1) is 6.61 Å². The van der Waals surface area contributed by atoms with E-state index in [-0.39, 0.29) is 17.9 Å². The number of Topliss-reactive ketones (excluding diaryl/α,β-unsaturated/α-hetero) is 1. The molecule has 16 heavy (non-hydrogen) atoms. The fourth-order valence-corrected chi connectivity index (χ4v) is 1.66. The summed E-state index contributed by atoms with van der Waals surface area (Å²) in [6.45, 7) is 1.81. The van der Waals surface area contributed by atoms with E-state index in [0.717, 1.165) is 0 Å². The van der Waals surface area contributed by atoms with Crippen LogP contribution in [0.25, 0.3) is 5.76 Å². The molecule has 0 fully saturated rings. The van der Waals surface area contributed by atoms with E-state index in [1.807, 2.05) is 0 Å². The van der Waals surface area contributed by atoms with Gasteiger partial charge in [0.1, 0.15) is 11.3 Å². The molecule has 0 amide bonds. The molecule has 0 aromatic heterocycles. The zero-order valence-electron chi connectivity index (χ0n) is 8.69. The number of hydrogen-bond donors (Lipinski definition) is 1. The number of ketones is 1. The smallest absolute Gasteiger partial charge is 0.345 e. The zero-order chi connectivity index (χ0) is 11.7. The molecular weight excluding hydrogens is 208 g/mol. The van der Waals surface area contributed by atoms with Crippen molar-refractivity contribution in [3.8, 4) is 0 Å². The van der Waals surface area contributed by atoms with Gasteiger partial charge in [-0.1, -0.05) is 24.3 Å². The number of esters is 1. The Morgan fingerprint density at radius 1 is 1.31 bits per heavy atom. The van der Waals surface area contributed by atoms with Crippen LogP contribution in [0.1, 0.15) is 22.8 Å². The topological polar surface area (TPSA) is 63.6 Å². The average molecular weight is 218 g/mol. The maximum atomic E-state index is 11.8. The first kappa shape index (κ1) is 10.4. The van der Waals surface area contributed by atoms with Crippen LogP contribution in [0, 0.1) is 0 Å². The molecular formula is C12H10O4. The van der Waals surface area contributed by atoms with Crippen molar-refractivity contribution < 1.29 is 19.4 Å². The highest BCUT2D eigenvalue weighted by atomic mass is 16.5. The first-order valence-electron chi connectivity index (χ1n) is 4.91. The van der Waals surface area contributed by atoms with E-state index < -0.39 is 11.8 Å². The number of carbonyl (C=O) groups is 2. The van der Waals surface area contributed by atoms with Gasteiger partial charge >= 0.3 is 5.97 Å². The van der Waals surface area contributed by atoms with Gasteiger partial charge in [-0.25, -0.2) is 4.79 Å². The van der Waals surface area contributed by atoms with Crippen LogP contribution in [-0.4, -0.2) is 23.5 Å². The fraction of sp³-hybridized carbons (Fsp3) is 0.167. The van der Waals surface area contributed by atoms with Gasteiger partial charge in [-0.2, -0.15) is 0 Å². The summed E-state index contributed by atoms with van der Waals surface area (Å²) in [4.78, 5) is 23.3. The molecule has 1 aliphatic carbocycles. The number of ether oxygens (including phenoxy) is 1. The van der Waals surface area contributed by atoms with Crippen molar-refractivity contribution in [3.63, 3.8) is 0 Å². The second kappa shape index (κ2) is 3.81. The summed E-state index contributed by atoms with van der Waals surface area (Å²) in [5.74, 6) is -1.55. The van der Waals surface area contributed by atoms with E-state index in [0.29, 0.717) is 11.1 Å². The van der Waals surface area contributed by atoms with Crippen molar-refractivity contribution in [3.05, 3.63) is 41.0 Å². The van der Waals surface area contributed by atoms with Crippen LogP contribution in [-0.2, 0) is 9.53 Å². The predicted molar refractivity (Wildman–Crippen MR) is 57.0 cm³/mol. The lowest BCUT2D eigenvalue weighted by Crippen LogP contribution is -2.13. The summed E-state index contributed by atoms with van der Waals surface area (Å²) < 4.78 is 4.72. The number of aliphatic hydroxyl groups excluding tert-OH is 1. The highest BCUT2D eigenvalue weighted by Gasteiger charge is 2.34. The van der Waals surface area contributed by atoms with E-state index in [1.165, 1.54) is 0 Å². The summed E-state index contributed by atoms with van der Waals surface area (Å²) in [7, 11) is 0. The highest BCUT2D eigenvalue weighted by Crippen LogP contribution is 2.31. The second-order valence-corrected chi connectivity index (χ2v) is 3.32. The third kappa shape index (κ3) is 1.39. The Balaban J connectivity index is 2.48. The number of benzene rings is 1. The van der Waals surface area contributed by atoms with Crippen molar-refractivity contribution >= 4 is 17.5 Å². The molecule has 1 aliphatic rings. The third-order valence-corrected chi connectivity index (χ3v) is 2.37. The molecule has 4 heteroatoms. The maximum Gasteiger partial charge on any atom is 0.345 e. The van der Waals surface area contributed by atoms with Gasteiger partial charge in [0, 0.05) is 11.1 Å². The lowest BCUT2D eigenvalue weighted by molar-refractivity contribution is -0.138. The second-order valence-electron chi connectivity index (χ2n) is 3.32. The molecule has 1 N–H and O–H groups in total. The molecule has 1 aromatic carbocycles. The van der Waals surface area contributed by atoms with Crippen LogP contribution in [0.3, 0.4) is 0 Å². The van der Waals surface area contributed by atoms with Crippen LogP contribution >= 0.6 is 0 Å². The van der Waals surface area contributed by atoms with Crippen LogP contribution in [0.5, 0.6) is 0 Å². The van der Waals surface area contributed by atoms with Gasteiger partial charge in [-0.05, 0) is 6.92 Å². The molecule has 82 valence electrons. The molecule has 0 radical (unpaired) electrons. The minimum atomic E-state index is -0.777. The average Bonchev–Trinajstić information content (AvgIpc) is 2.53. The summed E-state index contributed by atoms with van der Waals surface area (Å²) in [6, 6.07) is 6.53. The van der Waals surface area contributed by atoms with Crippen molar-refractivity contribution in [2.75, 3.05) is 6.61 Å². The SMILES string of the molecule is CCOC(=O)C1=C(O)c2ccccc2C1=O. The Kier molecular flexibility index (Phi) is 2.48. The predicted octanol–water partition coefficient (Wildman–Crippen LogP) is 1.72. The van der Waals surface area contributed by atoms with Crippen molar-refractivity contribution in [1.82, 2.24) is 0 Å². The molecule has 0 aliphatic heterocycles. The summed E-state index contributed by atoms with van der Waals surface area (Å²) in [5, 5.41) is 9.77. The number of aliphatic hydroxyl groups is 1. The van der Waals surface area contributed by atoms with Crippen molar-refractivity contribution in [2.45, 2.75) is 6.92 Å². The van der Waals surface area contributed by atoms with Crippen LogP contribution < -0.4 is 0 Å². The molecule has 0 saturated heterocycles. The molecule has 0 unspecified atom stereocenters. The number of rotatable bonds is 2. The lowest BCUT2D eigenvalue weighted by Gasteiger charge is -2.00. The summed E-state index contributed by atoms with van der Waals surface area (Å²) in [6.07, 6.45) is 0. The van der Waals surface area contributed by atoms with E-state index in [9.17, 15) is 14.7 Å². The summed E-state index contributed by atoms with van der Waals surface area (Å²) >= 11 is 0. The van der Waals surface area contributed by atoms with Gasteiger partial charge in [0.25, 0.3) is 0 Å². The molecule has 0 saturated carbocycles. The van der Waals surface area contributed by atoms with Gasteiger partial charge in [0.2, 0.25) is 5.78 Å². The minimum absolute atomic E-state index is 0.166. The van der Waals surface area contributed by atoms with E-state index >= 15 is 0 Å². The molecule has 4 nitrogen and oxygen atoms in total. The maximum absolute atomic E-state index is 11.8. The lowest BCUT2D eigenvalue weighted by atomic mass is 10.1. The van der Waals surface area contributed by atoms with Gasteiger partial charge in [-0.3, -0.25) is 4.79 Å². The number of fused-ring (bicyclic) bond motifs is 1. The Morgan fingerprint density at radius 3 is 2.50 bits per heavy atom. The van der Waals surface area contributed by atoms with E-state index in [4.69, 9.17) is 4.74 Å². The van der Waals surface area contributed by atoms with Gasteiger partial charge < -0.3 is 9.84 Å². The Hall–Kier alpha value is -2.10. The first-order valence-corrected chi connectivity index (χ1v) is 4.91.